The molecule has 0 radical (unpaired) electrons. The van der Waals surface area contributed by atoms with Crippen molar-refractivity contribution in [2.75, 3.05) is 6.61 Å². The van der Waals surface area contributed by atoms with Crippen molar-refractivity contribution in [2.24, 2.45) is 0 Å². The fourth-order valence-electron chi connectivity index (χ4n) is 2.45. The van der Waals surface area contributed by atoms with E-state index in [1.54, 1.807) is 12.1 Å². The summed E-state index contributed by atoms with van der Waals surface area (Å²) in [6.07, 6.45) is 1.48. The molecule has 2 aromatic carbocycles. The maximum Gasteiger partial charge on any atom is 0.126 e. The van der Waals surface area contributed by atoms with Gasteiger partial charge in [-0.25, -0.2) is 4.39 Å². The standard InChI is InChI=1S/C20H22FNO/c1-15(2)16-8-10-17(11-9-16)18(14-22)5-4-12-23-20-7-3-6-19(21)13-20/h3,6-11,13,15,18H,4-5,12H2,1-2H3. The smallest absolute Gasteiger partial charge is 0.126 e. The van der Waals surface area contributed by atoms with Crippen molar-refractivity contribution >= 4 is 0 Å². The van der Waals surface area contributed by atoms with Gasteiger partial charge in [-0.05, 0) is 42.0 Å². The Morgan fingerprint density at radius 1 is 1.09 bits per heavy atom. The van der Waals surface area contributed by atoms with Gasteiger partial charge in [0.1, 0.15) is 11.6 Å². The lowest BCUT2D eigenvalue weighted by molar-refractivity contribution is 0.303. The SMILES string of the molecule is CC(C)c1ccc(C(C#N)CCCOc2cccc(F)c2)cc1. The highest BCUT2D eigenvalue weighted by Gasteiger charge is 2.11. The first-order valence-corrected chi connectivity index (χ1v) is 7.98. The number of ether oxygens (including phenoxy) is 1. The van der Waals surface area contributed by atoms with E-state index in [-0.39, 0.29) is 11.7 Å². The van der Waals surface area contributed by atoms with Crippen LogP contribution >= 0.6 is 0 Å². The predicted octanol–water partition coefficient (Wildman–Crippen LogP) is 5.42. The quantitative estimate of drug-likeness (QED) is 0.640. The third-order valence-corrected chi connectivity index (χ3v) is 3.86. The van der Waals surface area contributed by atoms with Gasteiger partial charge in [-0.1, -0.05) is 44.2 Å². The van der Waals surface area contributed by atoms with Gasteiger partial charge in [-0.3, -0.25) is 0 Å². The molecular formula is C20H22FNO. The molecule has 0 N–H and O–H groups in total. The molecule has 0 aliphatic rings. The van der Waals surface area contributed by atoms with E-state index in [1.165, 1.54) is 17.7 Å². The normalized spacial score (nSPS) is 12.0. The number of rotatable bonds is 7. The lowest BCUT2D eigenvalue weighted by Crippen LogP contribution is -2.02. The Labute approximate surface area is 137 Å². The van der Waals surface area contributed by atoms with Crippen LogP contribution in [-0.2, 0) is 0 Å². The topological polar surface area (TPSA) is 33.0 Å². The van der Waals surface area contributed by atoms with Crippen molar-refractivity contribution in [3.8, 4) is 11.8 Å². The van der Waals surface area contributed by atoms with E-state index in [2.05, 4.69) is 32.0 Å². The third kappa shape index (κ3) is 5.10. The Morgan fingerprint density at radius 3 is 2.39 bits per heavy atom. The van der Waals surface area contributed by atoms with Crippen LogP contribution in [-0.4, -0.2) is 6.61 Å². The van der Waals surface area contributed by atoms with Crippen LogP contribution in [0.2, 0.25) is 0 Å². The minimum atomic E-state index is -0.303. The molecule has 2 rings (SSSR count). The molecule has 2 nitrogen and oxygen atoms in total. The average molecular weight is 311 g/mol. The van der Waals surface area contributed by atoms with Crippen molar-refractivity contribution in [3.05, 3.63) is 65.5 Å². The van der Waals surface area contributed by atoms with Gasteiger partial charge >= 0.3 is 0 Å². The van der Waals surface area contributed by atoms with Crippen LogP contribution in [0, 0.1) is 17.1 Å². The van der Waals surface area contributed by atoms with Crippen LogP contribution in [0.1, 0.15) is 49.7 Å². The van der Waals surface area contributed by atoms with E-state index in [4.69, 9.17) is 4.74 Å². The van der Waals surface area contributed by atoms with Crippen LogP contribution in [0.4, 0.5) is 4.39 Å². The number of nitrogens with zero attached hydrogens (tertiary/aromatic N) is 1. The van der Waals surface area contributed by atoms with Crippen LogP contribution in [0.3, 0.4) is 0 Å². The van der Waals surface area contributed by atoms with Crippen molar-refractivity contribution < 1.29 is 9.13 Å². The van der Waals surface area contributed by atoms with Crippen LogP contribution in [0.25, 0.3) is 0 Å². The van der Waals surface area contributed by atoms with E-state index in [0.29, 0.717) is 18.3 Å². The summed E-state index contributed by atoms with van der Waals surface area (Å²) in [6, 6.07) is 16.7. The van der Waals surface area contributed by atoms with Crippen molar-refractivity contribution in [2.45, 2.75) is 38.5 Å². The molecule has 0 saturated carbocycles. The van der Waals surface area contributed by atoms with Crippen molar-refractivity contribution in [1.29, 1.82) is 5.26 Å². The fraction of sp³-hybridized carbons (Fsp3) is 0.350. The van der Waals surface area contributed by atoms with E-state index in [0.717, 1.165) is 18.4 Å². The van der Waals surface area contributed by atoms with Crippen molar-refractivity contribution in [3.63, 3.8) is 0 Å². The summed E-state index contributed by atoms with van der Waals surface area (Å²) in [5.41, 5.74) is 2.32. The average Bonchev–Trinajstić information content (AvgIpc) is 2.55. The number of benzene rings is 2. The van der Waals surface area contributed by atoms with Gasteiger partial charge in [0.25, 0.3) is 0 Å². The Kier molecular flexibility index (Phi) is 6.17. The van der Waals surface area contributed by atoms with E-state index in [1.807, 2.05) is 12.1 Å². The summed E-state index contributed by atoms with van der Waals surface area (Å²) in [7, 11) is 0. The lowest BCUT2D eigenvalue weighted by atomic mass is 9.93. The molecule has 0 saturated heterocycles. The highest BCUT2D eigenvalue weighted by molar-refractivity contribution is 5.30. The second-order valence-corrected chi connectivity index (χ2v) is 5.95. The Bertz CT molecular complexity index is 658. The van der Waals surface area contributed by atoms with Crippen LogP contribution in [0.15, 0.2) is 48.5 Å². The molecule has 23 heavy (non-hydrogen) atoms. The molecule has 0 aromatic heterocycles. The molecule has 1 unspecified atom stereocenters. The highest BCUT2D eigenvalue weighted by atomic mass is 19.1. The molecule has 1 atom stereocenters. The van der Waals surface area contributed by atoms with Gasteiger partial charge in [0.2, 0.25) is 0 Å². The van der Waals surface area contributed by atoms with Gasteiger partial charge < -0.3 is 4.74 Å². The largest absolute Gasteiger partial charge is 0.493 e. The van der Waals surface area contributed by atoms with Crippen LogP contribution in [0.5, 0.6) is 5.75 Å². The molecule has 3 heteroatoms. The number of hydrogen-bond donors (Lipinski definition) is 0. The third-order valence-electron chi connectivity index (χ3n) is 3.86. The van der Waals surface area contributed by atoms with Crippen molar-refractivity contribution in [1.82, 2.24) is 0 Å². The highest BCUT2D eigenvalue weighted by Crippen LogP contribution is 2.23. The molecule has 0 bridgehead atoms. The maximum atomic E-state index is 13.0. The number of nitriles is 1. The summed E-state index contributed by atoms with van der Waals surface area (Å²) < 4.78 is 18.6. The first-order valence-electron chi connectivity index (χ1n) is 7.98. The van der Waals surface area contributed by atoms with Gasteiger partial charge in [0, 0.05) is 6.07 Å². The van der Waals surface area contributed by atoms with Gasteiger partial charge in [-0.15, -0.1) is 0 Å². The Morgan fingerprint density at radius 2 is 1.78 bits per heavy atom. The summed E-state index contributed by atoms with van der Waals surface area (Å²) >= 11 is 0. The summed E-state index contributed by atoms with van der Waals surface area (Å²) in [5.74, 6) is 0.582. The summed E-state index contributed by atoms with van der Waals surface area (Å²) in [5, 5.41) is 9.37. The van der Waals surface area contributed by atoms with Gasteiger partial charge in [0.05, 0.1) is 18.6 Å². The van der Waals surface area contributed by atoms with E-state index in [9.17, 15) is 9.65 Å². The molecular weight excluding hydrogens is 289 g/mol. The number of halogens is 1. The predicted molar refractivity (Wildman–Crippen MR) is 90.0 cm³/mol. The molecule has 120 valence electrons. The minimum absolute atomic E-state index is 0.132. The van der Waals surface area contributed by atoms with E-state index < -0.39 is 0 Å². The first-order chi connectivity index (χ1) is 11.1. The second-order valence-electron chi connectivity index (χ2n) is 5.95. The molecule has 0 aliphatic carbocycles. The fourth-order valence-corrected chi connectivity index (χ4v) is 2.45. The summed E-state index contributed by atoms with van der Waals surface area (Å²) in [4.78, 5) is 0. The minimum Gasteiger partial charge on any atom is -0.493 e. The monoisotopic (exact) mass is 311 g/mol. The molecule has 0 amide bonds. The molecule has 0 heterocycles. The zero-order valence-electron chi connectivity index (χ0n) is 13.6. The Hall–Kier alpha value is -2.34. The van der Waals surface area contributed by atoms with Gasteiger partial charge in [-0.2, -0.15) is 5.26 Å². The zero-order valence-corrected chi connectivity index (χ0v) is 13.6. The maximum absolute atomic E-state index is 13.0. The molecule has 0 spiro atoms. The first kappa shape index (κ1) is 17.0. The lowest BCUT2D eigenvalue weighted by Gasteiger charge is -2.12. The van der Waals surface area contributed by atoms with Crippen LogP contribution < -0.4 is 4.74 Å². The van der Waals surface area contributed by atoms with Gasteiger partial charge in [0.15, 0.2) is 0 Å². The molecule has 0 aliphatic heterocycles. The molecule has 0 fully saturated rings. The summed E-state index contributed by atoms with van der Waals surface area (Å²) in [6.45, 7) is 4.78. The Balaban J connectivity index is 1.84. The molecule has 2 aromatic rings. The number of hydrogen-bond acceptors (Lipinski definition) is 2. The zero-order chi connectivity index (χ0) is 16.7. The second kappa shape index (κ2) is 8.33. The van der Waals surface area contributed by atoms with E-state index >= 15 is 0 Å².